The van der Waals surface area contributed by atoms with Crippen LogP contribution in [0.2, 0.25) is 5.02 Å². The third-order valence-corrected chi connectivity index (χ3v) is 5.78. The van der Waals surface area contributed by atoms with Gasteiger partial charge in [0, 0.05) is 12.6 Å². The minimum absolute atomic E-state index is 0.00833. The predicted molar refractivity (Wildman–Crippen MR) is 81.1 cm³/mol. The molecule has 1 aliphatic rings. The van der Waals surface area contributed by atoms with Crippen molar-refractivity contribution in [3.05, 3.63) is 28.8 Å². The highest BCUT2D eigenvalue weighted by Gasteiger charge is 2.26. The van der Waals surface area contributed by atoms with E-state index in [1.165, 1.54) is 12.5 Å². The standard InChI is InChI=1S/C14H21ClN2O2S/c1-10-3-2-4-12(7-10)17-20(18,19)14-6-5-11(9-16)8-13(14)15/h5-6,8,10,12,17H,2-4,7,9,16H2,1H3. The Morgan fingerprint density at radius 3 is 2.75 bits per heavy atom. The molecule has 0 saturated heterocycles. The molecule has 0 aromatic heterocycles. The first-order chi connectivity index (χ1) is 9.42. The highest BCUT2D eigenvalue weighted by molar-refractivity contribution is 7.89. The molecule has 1 aromatic rings. The zero-order valence-electron chi connectivity index (χ0n) is 11.6. The molecule has 0 aliphatic heterocycles. The minimum Gasteiger partial charge on any atom is -0.326 e. The monoisotopic (exact) mass is 316 g/mol. The summed E-state index contributed by atoms with van der Waals surface area (Å²) >= 11 is 6.06. The Bertz CT molecular complexity index is 575. The zero-order valence-corrected chi connectivity index (χ0v) is 13.2. The van der Waals surface area contributed by atoms with Gasteiger partial charge in [0.05, 0.1) is 5.02 Å². The van der Waals surface area contributed by atoms with E-state index >= 15 is 0 Å². The van der Waals surface area contributed by atoms with Crippen LogP contribution in [0.4, 0.5) is 0 Å². The van der Waals surface area contributed by atoms with Crippen LogP contribution in [0.25, 0.3) is 0 Å². The maximum Gasteiger partial charge on any atom is 0.242 e. The normalized spacial score (nSPS) is 23.8. The number of sulfonamides is 1. The molecular weight excluding hydrogens is 296 g/mol. The van der Waals surface area contributed by atoms with Gasteiger partial charge in [-0.15, -0.1) is 0 Å². The molecule has 20 heavy (non-hydrogen) atoms. The van der Waals surface area contributed by atoms with Gasteiger partial charge in [0.25, 0.3) is 0 Å². The Labute approximate surface area is 125 Å². The van der Waals surface area contributed by atoms with Crippen LogP contribution in [0.3, 0.4) is 0 Å². The molecule has 3 N–H and O–H groups in total. The molecule has 0 radical (unpaired) electrons. The van der Waals surface area contributed by atoms with Crippen LogP contribution in [0.5, 0.6) is 0 Å². The van der Waals surface area contributed by atoms with Crippen molar-refractivity contribution in [2.45, 2.75) is 50.1 Å². The summed E-state index contributed by atoms with van der Waals surface area (Å²) in [5, 5.41) is 0.226. The SMILES string of the molecule is CC1CCCC(NS(=O)(=O)c2ccc(CN)cc2Cl)C1. The lowest BCUT2D eigenvalue weighted by Gasteiger charge is -2.27. The van der Waals surface area contributed by atoms with Crippen LogP contribution < -0.4 is 10.5 Å². The van der Waals surface area contributed by atoms with Gasteiger partial charge in [-0.3, -0.25) is 0 Å². The number of nitrogens with one attached hydrogen (secondary N) is 1. The maximum atomic E-state index is 12.4. The van der Waals surface area contributed by atoms with Crippen LogP contribution in [0.15, 0.2) is 23.1 Å². The number of nitrogens with two attached hydrogens (primary N) is 1. The molecule has 2 rings (SSSR count). The quantitative estimate of drug-likeness (QED) is 0.897. The molecule has 0 bridgehead atoms. The number of halogens is 1. The molecule has 2 atom stereocenters. The predicted octanol–water partition coefficient (Wildman–Crippen LogP) is 2.66. The van der Waals surface area contributed by atoms with Crippen molar-refractivity contribution in [1.82, 2.24) is 4.72 Å². The lowest BCUT2D eigenvalue weighted by Crippen LogP contribution is -2.38. The van der Waals surface area contributed by atoms with Gasteiger partial charge in [-0.2, -0.15) is 0 Å². The molecule has 1 aromatic carbocycles. The van der Waals surface area contributed by atoms with E-state index in [0.29, 0.717) is 12.5 Å². The van der Waals surface area contributed by atoms with E-state index in [9.17, 15) is 8.42 Å². The molecule has 112 valence electrons. The fraction of sp³-hybridized carbons (Fsp3) is 0.571. The van der Waals surface area contributed by atoms with Crippen molar-refractivity contribution in [1.29, 1.82) is 0 Å². The van der Waals surface area contributed by atoms with Crippen LogP contribution >= 0.6 is 11.6 Å². The second kappa shape index (κ2) is 6.43. The Kier molecular flexibility index (Phi) is 5.07. The first-order valence-corrected chi connectivity index (χ1v) is 8.79. The maximum absolute atomic E-state index is 12.4. The van der Waals surface area contributed by atoms with Gasteiger partial charge in [0.2, 0.25) is 10.0 Å². The highest BCUT2D eigenvalue weighted by Crippen LogP contribution is 2.27. The molecule has 0 amide bonds. The van der Waals surface area contributed by atoms with Crippen LogP contribution in [0.1, 0.15) is 38.2 Å². The Morgan fingerprint density at radius 1 is 1.40 bits per heavy atom. The summed E-state index contributed by atoms with van der Waals surface area (Å²) in [6.07, 6.45) is 4.01. The van der Waals surface area contributed by atoms with E-state index in [1.54, 1.807) is 12.1 Å². The lowest BCUT2D eigenvalue weighted by atomic mass is 9.88. The average Bonchev–Trinajstić information content (AvgIpc) is 2.37. The van der Waals surface area contributed by atoms with Crippen molar-refractivity contribution >= 4 is 21.6 Å². The molecular formula is C14H21ClN2O2S. The Hall–Kier alpha value is -0.620. The van der Waals surface area contributed by atoms with Gasteiger partial charge in [-0.1, -0.05) is 37.4 Å². The first-order valence-electron chi connectivity index (χ1n) is 6.93. The molecule has 0 spiro atoms. The van der Waals surface area contributed by atoms with Gasteiger partial charge >= 0.3 is 0 Å². The van der Waals surface area contributed by atoms with E-state index in [4.69, 9.17) is 17.3 Å². The van der Waals surface area contributed by atoms with Crippen molar-refractivity contribution in [3.63, 3.8) is 0 Å². The average molecular weight is 317 g/mol. The largest absolute Gasteiger partial charge is 0.326 e. The zero-order chi connectivity index (χ0) is 14.8. The van der Waals surface area contributed by atoms with Gasteiger partial charge in [-0.25, -0.2) is 13.1 Å². The van der Waals surface area contributed by atoms with Gasteiger partial charge in [0.1, 0.15) is 4.90 Å². The van der Waals surface area contributed by atoms with E-state index in [2.05, 4.69) is 11.6 Å². The minimum atomic E-state index is -3.56. The molecule has 1 aliphatic carbocycles. The highest BCUT2D eigenvalue weighted by atomic mass is 35.5. The Morgan fingerprint density at radius 2 is 2.15 bits per heavy atom. The van der Waals surface area contributed by atoms with E-state index < -0.39 is 10.0 Å². The molecule has 2 unspecified atom stereocenters. The summed E-state index contributed by atoms with van der Waals surface area (Å²) in [5.41, 5.74) is 6.34. The van der Waals surface area contributed by atoms with Crippen LogP contribution in [-0.2, 0) is 16.6 Å². The fourth-order valence-electron chi connectivity index (χ4n) is 2.71. The smallest absolute Gasteiger partial charge is 0.242 e. The Balaban J connectivity index is 2.17. The van der Waals surface area contributed by atoms with Crippen molar-refractivity contribution in [2.24, 2.45) is 11.7 Å². The molecule has 6 heteroatoms. The fourth-order valence-corrected chi connectivity index (χ4v) is 4.56. The molecule has 0 heterocycles. The number of hydrogen-bond donors (Lipinski definition) is 2. The number of rotatable bonds is 4. The lowest BCUT2D eigenvalue weighted by molar-refractivity contribution is 0.327. The second-order valence-corrected chi connectivity index (χ2v) is 7.65. The third kappa shape index (κ3) is 3.73. The summed E-state index contributed by atoms with van der Waals surface area (Å²) in [6, 6.07) is 4.84. The summed E-state index contributed by atoms with van der Waals surface area (Å²) < 4.78 is 27.6. The van der Waals surface area contributed by atoms with Gasteiger partial charge < -0.3 is 5.73 Å². The van der Waals surface area contributed by atoms with Crippen LogP contribution in [0, 0.1) is 5.92 Å². The van der Waals surface area contributed by atoms with E-state index in [-0.39, 0.29) is 16.0 Å². The van der Waals surface area contributed by atoms with Crippen molar-refractivity contribution in [3.8, 4) is 0 Å². The van der Waals surface area contributed by atoms with Crippen molar-refractivity contribution < 1.29 is 8.42 Å². The number of hydrogen-bond acceptors (Lipinski definition) is 3. The van der Waals surface area contributed by atoms with Gasteiger partial charge in [0.15, 0.2) is 0 Å². The summed E-state index contributed by atoms with van der Waals surface area (Å²) in [7, 11) is -3.56. The molecule has 1 fully saturated rings. The second-order valence-electron chi connectivity index (χ2n) is 5.56. The van der Waals surface area contributed by atoms with Crippen LogP contribution in [-0.4, -0.2) is 14.5 Å². The summed E-state index contributed by atoms with van der Waals surface area (Å²) in [4.78, 5) is 0.134. The molecule has 1 saturated carbocycles. The third-order valence-electron chi connectivity index (χ3n) is 3.78. The van der Waals surface area contributed by atoms with E-state index in [0.717, 1.165) is 24.8 Å². The van der Waals surface area contributed by atoms with E-state index in [1.807, 2.05) is 0 Å². The first kappa shape index (κ1) is 15.8. The topological polar surface area (TPSA) is 72.2 Å². The summed E-state index contributed by atoms with van der Waals surface area (Å²) in [5.74, 6) is 0.562. The summed E-state index contributed by atoms with van der Waals surface area (Å²) in [6.45, 7) is 2.50. The van der Waals surface area contributed by atoms with Gasteiger partial charge in [-0.05, 0) is 36.5 Å². The van der Waals surface area contributed by atoms with Crippen molar-refractivity contribution in [2.75, 3.05) is 0 Å². The number of benzene rings is 1. The molecule has 4 nitrogen and oxygen atoms in total.